The topological polar surface area (TPSA) is 97.4 Å². The number of nitrogen functional groups attached to an aromatic ring is 1. The van der Waals surface area contributed by atoms with Gasteiger partial charge in [0.2, 0.25) is 5.95 Å². The number of nitrogens with zero attached hydrogens (tertiary/aromatic N) is 5. The average molecular weight is 437 g/mol. The van der Waals surface area contributed by atoms with Crippen LogP contribution in [0.2, 0.25) is 0 Å². The van der Waals surface area contributed by atoms with Crippen LogP contribution < -0.4 is 15.5 Å². The van der Waals surface area contributed by atoms with Gasteiger partial charge in [0.05, 0.1) is 16.1 Å². The summed E-state index contributed by atoms with van der Waals surface area (Å²) >= 11 is 0. The van der Waals surface area contributed by atoms with Gasteiger partial charge in [0.1, 0.15) is 11.3 Å². The van der Waals surface area contributed by atoms with Crippen LogP contribution in [0.3, 0.4) is 0 Å². The molecule has 4 aromatic rings. The first kappa shape index (κ1) is 20.7. The first-order valence-electron chi connectivity index (χ1n) is 9.61. The third kappa shape index (κ3) is 3.79. The van der Waals surface area contributed by atoms with Crippen LogP contribution in [0.1, 0.15) is 0 Å². The fourth-order valence-corrected chi connectivity index (χ4v) is 4.11. The van der Waals surface area contributed by atoms with Crippen LogP contribution in [-0.2, 0) is 16.9 Å². The van der Waals surface area contributed by atoms with Crippen LogP contribution in [0.15, 0.2) is 65.7 Å². The highest BCUT2D eigenvalue weighted by Gasteiger charge is 2.15. The number of rotatable bonds is 5. The maximum Gasteiger partial charge on any atom is 0.201 e. The normalized spacial score (nSPS) is 11.6. The van der Waals surface area contributed by atoms with E-state index in [2.05, 4.69) is 9.97 Å². The second-order valence-corrected chi connectivity index (χ2v) is 9.45. The van der Waals surface area contributed by atoms with Gasteiger partial charge in [-0.15, -0.1) is 0 Å². The Morgan fingerprint density at radius 1 is 0.968 bits per heavy atom. The molecular formula is C22H24N6O2S. The van der Waals surface area contributed by atoms with Gasteiger partial charge < -0.3 is 20.1 Å². The van der Waals surface area contributed by atoms with Gasteiger partial charge >= 0.3 is 0 Å². The molecule has 160 valence electrons. The molecule has 8 nitrogen and oxygen atoms in total. The van der Waals surface area contributed by atoms with Crippen LogP contribution in [-0.4, -0.2) is 43.3 Å². The fraction of sp³-hybridized carbons (Fsp3) is 0.182. The Kier molecular flexibility index (Phi) is 5.06. The van der Waals surface area contributed by atoms with Crippen LogP contribution in [0.4, 0.5) is 28.8 Å². The molecule has 0 unspecified atom stereocenters. The lowest BCUT2D eigenvalue weighted by Crippen LogP contribution is -2.14. The van der Waals surface area contributed by atoms with E-state index < -0.39 is 9.84 Å². The number of para-hydroxylation sites is 1. The number of anilines is 5. The molecule has 9 heteroatoms. The molecule has 0 saturated carbocycles. The van der Waals surface area contributed by atoms with Crippen molar-refractivity contribution >= 4 is 49.7 Å². The SMILES string of the molecule is CN(c1ccc(S(C)(=O)=O)cc1)c1cc(N(C)c2cccc3c2nc(N)n3C)ccn1. The second kappa shape index (κ2) is 7.59. The maximum absolute atomic E-state index is 11.7. The number of hydrogen-bond donors (Lipinski definition) is 1. The van der Waals surface area contributed by atoms with Gasteiger partial charge in [0.25, 0.3) is 0 Å². The number of fused-ring (bicyclic) bond motifs is 1. The lowest BCUT2D eigenvalue weighted by Gasteiger charge is -2.23. The third-order valence-electron chi connectivity index (χ3n) is 5.40. The molecule has 31 heavy (non-hydrogen) atoms. The van der Waals surface area contributed by atoms with E-state index in [4.69, 9.17) is 5.73 Å². The van der Waals surface area contributed by atoms with Crippen molar-refractivity contribution in [3.8, 4) is 0 Å². The lowest BCUT2D eigenvalue weighted by atomic mass is 10.2. The predicted octanol–water partition coefficient (Wildman–Crippen LogP) is 3.49. The zero-order valence-electron chi connectivity index (χ0n) is 17.8. The predicted molar refractivity (Wildman–Crippen MR) is 125 cm³/mol. The highest BCUT2D eigenvalue weighted by atomic mass is 32.2. The first-order valence-corrected chi connectivity index (χ1v) is 11.5. The Labute approximate surface area is 181 Å². The van der Waals surface area contributed by atoms with Crippen molar-refractivity contribution in [2.75, 3.05) is 35.9 Å². The second-order valence-electron chi connectivity index (χ2n) is 7.43. The molecule has 0 spiro atoms. The number of benzene rings is 2. The molecule has 0 aliphatic carbocycles. The Bertz CT molecular complexity index is 1360. The molecule has 0 aliphatic heterocycles. The summed E-state index contributed by atoms with van der Waals surface area (Å²) < 4.78 is 25.3. The molecule has 0 amide bonds. The molecular weight excluding hydrogens is 412 g/mol. The van der Waals surface area contributed by atoms with E-state index in [0.29, 0.717) is 5.95 Å². The summed E-state index contributed by atoms with van der Waals surface area (Å²) in [6.45, 7) is 0. The Morgan fingerprint density at radius 2 is 1.68 bits per heavy atom. The molecule has 0 fully saturated rings. The molecule has 2 aromatic carbocycles. The lowest BCUT2D eigenvalue weighted by molar-refractivity contribution is 0.602. The van der Waals surface area contributed by atoms with E-state index in [1.54, 1.807) is 30.5 Å². The number of nitrogens with two attached hydrogens (primary N) is 1. The fourth-order valence-electron chi connectivity index (χ4n) is 3.48. The highest BCUT2D eigenvalue weighted by Crippen LogP contribution is 2.33. The van der Waals surface area contributed by atoms with E-state index in [0.717, 1.165) is 33.9 Å². The summed E-state index contributed by atoms with van der Waals surface area (Å²) in [5, 5.41) is 0. The van der Waals surface area contributed by atoms with E-state index in [1.807, 2.05) is 65.8 Å². The molecule has 2 heterocycles. The zero-order chi connectivity index (χ0) is 22.3. The van der Waals surface area contributed by atoms with Crippen molar-refractivity contribution in [2.24, 2.45) is 7.05 Å². The van der Waals surface area contributed by atoms with Gasteiger partial charge in [0, 0.05) is 51.0 Å². The first-order chi connectivity index (χ1) is 14.7. The minimum absolute atomic E-state index is 0.286. The van der Waals surface area contributed by atoms with E-state index in [-0.39, 0.29) is 4.90 Å². The number of imidazole rings is 1. The average Bonchev–Trinajstić information content (AvgIpc) is 3.06. The third-order valence-corrected chi connectivity index (χ3v) is 6.53. The van der Waals surface area contributed by atoms with E-state index in [9.17, 15) is 8.42 Å². The van der Waals surface area contributed by atoms with E-state index >= 15 is 0 Å². The van der Waals surface area contributed by atoms with Gasteiger partial charge in [-0.05, 0) is 42.5 Å². The van der Waals surface area contributed by atoms with Crippen LogP contribution >= 0.6 is 0 Å². The summed E-state index contributed by atoms with van der Waals surface area (Å²) in [4.78, 5) is 13.2. The number of hydrogen-bond acceptors (Lipinski definition) is 7. The van der Waals surface area contributed by atoms with Gasteiger partial charge in [0.15, 0.2) is 9.84 Å². The number of pyridine rings is 1. The quantitative estimate of drug-likeness (QED) is 0.511. The van der Waals surface area contributed by atoms with Crippen LogP contribution in [0.25, 0.3) is 11.0 Å². The largest absolute Gasteiger partial charge is 0.369 e. The molecule has 2 aromatic heterocycles. The van der Waals surface area contributed by atoms with Crippen molar-refractivity contribution in [3.63, 3.8) is 0 Å². The molecule has 2 N–H and O–H groups in total. The monoisotopic (exact) mass is 436 g/mol. The smallest absolute Gasteiger partial charge is 0.201 e. The van der Waals surface area contributed by atoms with Crippen molar-refractivity contribution in [1.29, 1.82) is 0 Å². The van der Waals surface area contributed by atoms with Gasteiger partial charge in [-0.2, -0.15) is 0 Å². The van der Waals surface area contributed by atoms with Crippen molar-refractivity contribution in [1.82, 2.24) is 14.5 Å². The van der Waals surface area contributed by atoms with Crippen LogP contribution in [0, 0.1) is 0 Å². The number of aromatic nitrogens is 3. The minimum Gasteiger partial charge on any atom is -0.369 e. The summed E-state index contributed by atoms with van der Waals surface area (Å²) in [5.41, 5.74) is 10.5. The molecule has 0 radical (unpaired) electrons. The molecule has 0 atom stereocenters. The highest BCUT2D eigenvalue weighted by molar-refractivity contribution is 7.90. The Hall–Kier alpha value is -3.59. The van der Waals surface area contributed by atoms with Gasteiger partial charge in [-0.25, -0.2) is 18.4 Å². The number of aryl methyl sites for hydroxylation is 1. The van der Waals surface area contributed by atoms with Crippen molar-refractivity contribution < 1.29 is 8.42 Å². The maximum atomic E-state index is 11.7. The zero-order valence-corrected chi connectivity index (χ0v) is 18.6. The minimum atomic E-state index is -3.24. The molecule has 0 bridgehead atoms. The summed E-state index contributed by atoms with van der Waals surface area (Å²) in [6, 6.07) is 16.6. The Morgan fingerprint density at radius 3 is 2.35 bits per heavy atom. The van der Waals surface area contributed by atoms with E-state index in [1.165, 1.54) is 6.26 Å². The summed E-state index contributed by atoms with van der Waals surface area (Å²) in [6.07, 6.45) is 2.94. The van der Waals surface area contributed by atoms with Gasteiger partial charge in [-0.1, -0.05) is 6.07 Å². The Balaban J connectivity index is 1.68. The standard InChI is InChI=1S/C22H24N6O2S/c1-26(18-6-5-7-19-21(18)25-22(23)28(19)3)16-12-13-24-20(14-16)27(2)15-8-10-17(11-9-15)31(4,29)30/h5-14H,1-4H3,(H2,23,25). The van der Waals surface area contributed by atoms with Crippen molar-refractivity contribution in [3.05, 3.63) is 60.8 Å². The van der Waals surface area contributed by atoms with Gasteiger partial charge in [-0.3, -0.25) is 0 Å². The summed E-state index contributed by atoms with van der Waals surface area (Å²) in [5.74, 6) is 1.19. The molecule has 4 rings (SSSR count). The van der Waals surface area contributed by atoms with Crippen molar-refractivity contribution in [2.45, 2.75) is 4.90 Å². The molecule has 0 saturated heterocycles. The van der Waals surface area contributed by atoms with Crippen LogP contribution in [0.5, 0.6) is 0 Å². The summed E-state index contributed by atoms with van der Waals surface area (Å²) in [7, 11) is 2.52. The number of sulfone groups is 1. The molecule has 0 aliphatic rings.